The summed E-state index contributed by atoms with van der Waals surface area (Å²) < 4.78 is 6.10. The number of esters is 1. The van der Waals surface area contributed by atoms with E-state index in [9.17, 15) is 4.79 Å². The van der Waals surface area contributed by atoms with E-state index in [1.807, 2.05) is 0 Å². The number of rotatable bonds is 19. The summed E-state index contributed by atoms with van der Waals surface area (Å²) in [6.45, 7) is 8.61. The normalized spacial score (nSPS) is 11.1. The summed E-state index contributed by atoms with van der Waals surface area (Å²) in [6, 6.07) is 0. The molecule has 0 unspecified atom stereocenters. The lowest BCUT2D eigenvalue weighted by molar-refractivity contribution is -0.890. The van der Waals surface area contributed by atoms with Crippen LogP contribution in [0.5, 0.6) is 0 Å². The van der Waals surface area contributed by atoms with Gasteiger partial charge < -0.3 is 26.2 Å². The van der Waals surface area contributed by atoms with Crippen LogP contribution in [0.4, 0.5) is 0 Å². The van der Waals surface area contributed by atoms with Gasteiger partial charge in [-0.05, 0) is 25.7 Å². The van der Waals surface area contributed by atoms with E-state index in [0.29, 0.717) is 6.61 Å². The number of ether oxygens (including phenoxy) is 1. The third-order valence-corrected chi connectivity index (χ3v) is 5.19. The fourth-order valence-corrected chi connectivity index (χ4v) is 3.37. The summed E-state index contributed by atoms with van der Waals surface area (Å²) >= 11 is 0. The van der Waals surface area contributed by atoms with Crippen LogP contribution in [0.15, 0.2) is 12.7 Å². The smallest absolute Gasteiger partial charge is 0.330 e. The first-order chi connectivity index (χ1) is 12.5. The Morgan fingerprint density at radius 1 is 0.778 bits per heavy atom. The summed E-state index contributed by atoms with van der Waals surface area (Å²) in [7, 11) is 4.63. The number of hydrogen-bond donors (Lipinski definition) is 0. The Morgan fingerprint density at radius 3 is 1.63 bits per heavy atom. The van der Waals surface area contributed by atoms with Crippen LogP contribution in [0.1, 0.15) is 96.8 Å². The van der Waals surface area contributed by atoms with Crippen molar-refractivity contribution in [3.05, 3.63) is 12.7 Å². The van der Waals surface area contributed by atoms with Gasteiger partial charge >= 0.3 is 5.97 Å². The maximum Gasteiger partial charge on any atom is 0.330 e. The Labute approximate surface area is 180 Å². The largest absolute Gasteiger partial charge is 1.00 e. The van der Waals surface area contributed by atoms with E-state index >= 15 is 0 Å². The highest BCUT2D eigenvalue weighted by atomic mass is 79.9. The summed E-state index contributed by atoms with van der Waals surface area (Å²) in [5, 5.41) is 0. The van der Waals surface area contributed by atoms with E-state index < -0.39 is 0 Å². The Morgan fingerprint density at radius 2 is 1.19 bits per heavy atom. The second-order valence-electron chi connectivity index (χ2n) is 8.35. The summed E-state index contributed by atoms with van der Waals surface area (Å²) in [4.78, 5) is 11.0. The number of carbonyl (C=O) groups is 1. The first-order valence-electron chi connectivity index (χ1n) is 11.1. The first kappa shape index (κ1) is 28.9. The van der Waals surface area contributed by atoms with E-state index in [0.717, 1.165) is 23.9 Å². The molecule has 0 aromatic carbocycles. The molecule has 0 aromatic heterocycles. The minimum atomic E-state index is -0.310. The molecule has 0 radical (unpaired) electrons. The molecule has 0 heterocycles. The van der Waals surface area contributed by atoms with Gasteiger partial charge in [-0.1, -0.05) is 77.7 Å². The molecular weight excluding hydrogens is 402 g/mol. The predicted octanol–water partition coefficient (Wildman–Crippen LogP) is 3.28. The zero-order chi connectivity index (χ0) is 19.5. The molecule has 0 fully saturated rings. The molecule has 0 saturated heterocycles. The van der Waals surface area contributed by atoms with Crippen LogP contribution < -0.4 is 17.0 Å². The van der Waals surface area contributed by atoms with Crippen LogP contribution in [0.2, 0.25) is 0 Å². The molecule has 0 atom stereocenters. The predicted molar refractivity (Wildman–Crippen MR) is 113 cm³/mol. The molecule has 0 spiro atoms. The van der Waals surface area contributed by atoms with E-state index in [-0.39, 0.29) is 23.0 Å². The molecule has 0 aliphatic heterocycles. The number of unbranched alkanes of at least 4 members (excludes halogenated alkanes) is 12. The highest BCUT2D eigenvalue weighted by Crippen LogP contribution is 2.13. The molecule has 0 aromatic rings. The number of carbonyl (C=O) groups excluding carboxylic acids is 1. The molecule has 162 valence electrons. The van der Waals surface area contributed by atoms with Crippen LogP contribution in [0.3, 0.4) is 0 Å². The summed E-state index contributed by atoms with van der Waals surface area (Å²) in [6.07, 6.45) is 20.2. The molecule has 0 aliphatic rings. The lowest BCUT2D eigenvalue weighted by Crippen LogP contribution is -3.00. The van der Waals surface area contributed by atoms with Gasteiger partial charge in [0, 0.05) is 6.08 Å². The van der Waals surface area contributed by atoms with Crippen LogP contribution in [0, 0.1) is 0 Å². The average molecular weight is 449 g/mol. The molecule has 4 heteroatoms. The second kappa shape index (κ2) is 20.4. The SMILES string of the molecule is C=CC(=O)OCCCC[N+](C)(C)CCCCCCCCCCCCCC.[Br-]. The van der Waals surface area contributed by atoms with E-state index in [1.54, 1.807) is 0 Å². The van der Waals surface area contributed by atoms with Crippen molar-refractivity contribution in [2.45, 2.75) is 96.8 Å². The van der Waals surface area contributed by atoms with Crippen LogP contribution in [-0.2, 0) is 9.53 Å². The van der Waals surface area contributed by atoms with Gasteiger partial charge in [-0.2, -0.15) is 0 Å². The lowest BCUT2D eigenvalue weighted by Gasteiger charge is -2.30. The molecular formula is C23H46BrNO2. The third kappa shape index (κ3) is 21.8. The zero-order valence-corrected chi connectivity index (χ0v) is 20.0. The van der Waals surface area contributed by atoms with Gasteiger partial charge in [-0.25, -0.2) is 4.79 Å². The van der Waals surface area contributed by atoms with Gasteiger partial charge in [-0.15, -0.1) is 0 Å². The van der Waals surface area contributed by atoms with Gasteiger partial charge in [0.25, 0.3) is 0 Å². The monoisotopic (exact) mass is 447 g/mol. The highest BCUT2D eigenvalue weighted by molar-refractivity contribution is 5.81. The number of hydrogen-bond acceptors (Lipinski definition) is 2. The molecule has 0 N–H and O–H groups in total. The van der Waals surface area contributed by atoms with Crippen LogP contribution >= 0.6 is 0 Å². The lowest BCUT2D eigenvalue weighted by atomic mass is 10.1. The number of nitrogens with zero attached hydrogens (tertiary/aromatic N) is 1. The fraction of sp³-hybridized carbons (Fsp3) is 0.870. The van der Waals surface area contributed by atoms with Gasteiger partial charge in [0.15, 0.2) is 0 Å². The molecule has 0 saturated carbocycles. The molecule has 0 amide bonds. The third-order valence-electron chi connectivity index (χ3n) is 5.19. The molecule has 0 aliphatic carbocycles. The Bertz CT molecular complexity index is 345. The minimum absolute atomic E-state index is 0. The Balaban J connectivity index is 0. The Kier molecular flexibility index (Phi) is 21.8. The summed E-state index contributed by atoms with van der Waals surface area (Å²) in [5.74, 6) is -0.310. The summed E-state index contributed by atoms with van der Waals surface area (Å²) in [5.41, 5.74) is 0. The van der Waals surface area contributed by atoms with Crippen molar-refractivity contribution in [1.82, 2.24) is 0 Å². The zero-order valence-electron chi connectivity index (χ0n) is 18.4. The van der Waals surface area contributed by atoms with Crippen molar-refractivity contribution in [3.63, 3.8) is 0 Å². The van der Waals surface area contributed by atoms with E-state index in [2.05, 4.69) is 27.6 Å². The van der Waals surface area contributed by atoms with Crippen molar-refractivity contribution < 1.29 is 31.0 Å². The van der Waals surface area contributed by atoms with Crippen LogP contribution in [0.25, 0.3) is 0 Å². The van der Waals surface area contributed by atoms with E-state index in [4.69, 9.17) is 4.74 Å². The van der Waals surface area contributed by atoms with E-state index in [1.165, 1.54) is 89.7 Å². The van der Waals surface area contributed by atoms with Crippen molar-refractivity contribution in [3.8, 4) is 0 Å². The van der Waals surface area contributed by atoms with Gasteiger partial charge in [0.1, 0.15) is 0 Å². The van der Waals surface area contributed by atoms with Crippen molar-refractivity contribution >= 4 is 5.97 Å². The standard InChI is InChI=1S/C23H46NO2.BrH/c1-5-7-8-9-10-11-12-13-14-15-16-17-20-24(3,4)21-18-19-22-26-23(25)6-2;/h6H,2,5,7-22H2,1,3-4H3;1H/q+1;/p-1. The van der Waals surface area contributed by atoms with Crippen molar-refractivity contribution in [1.29, 1.82) is 0 Å². The van der Waals surface area contributed by atoms with Crippen LogP contribution in [-0.4, -0.2) is 44.2 Å². The average Bonchev–Trinajstić information content (AvgIpc) is 2.62. The second-order valence-corrected chi connectivity index (χ2v) is 8.35. The molecule has 27 heavy (non-hydrogen) atoms. The maximum absolute atomic E-state index is 11.0. The van der Waals surface area contributed by atoms with Crippen molar-refractivity contribution in [2.75, 3.05) is 33.8 Å². The number of halogens is 1. The van der Waals surface area contributed by atoms with Gasteiger partial charge in [-0.3, -0.25) is 0 Å². The maximum atomic E-state index is 11.0. The van der Waals surface area contributed by atoms with Gasteiger partial charge in [0.2, 0.25) is 0 Å². The minimum Gasteiger partial charge on any atom is -1.00 e. The molecule has 0 bridgehead atoms. The topological polar surface area (TPSA) is 26.3 Å². The molecule has 0 rings (SSSR count). The molecule has 3 nitrogen and oxygen atoms in total. The first-order valence-corrected chi connectivity index (χ1v) is 11.1. The Hall–Kier alpha value is -0.350. The quantitative estimate of drug-likeness (QED) is 0.131. The highest BCUT2D eigenvalue weighted by Gasteiger charge is 2.13. The fourth-order valence-electron chi connectivity index (χ4n) is 3.37. The van der Waals surface area contributed by atoms with Gasteiger partial charge in [0.05, 0.1) is 33.8 Å². The number of quaternary nitrogens is 1. The van der Waals surface area contributed by atoms with Crippen molar-refractivity contribution in [2.24, 2.45) is 0 Å².